The highest BCUT2D eigenvalue weighted by Crippen LogP contribution is 2.26. The smallest absolute Gasteiger partial charge is 0.0897 e. The molecule has 0 aliphatic rings. The molecule has 2 aromatic rings. The first-order chi connectivity index (χ1) is 8.26. The molecule has 92 valence electrons. The first-order valence-corrected chi connectivity index (χ1v) is 6.75. The lowest BCUT2D eigenvalue weighted by molar-refractivity contribution is 0.547. The van der Waals surface area contributed by atoms with Gasteiger partial charge in [0.25, 0.3) is 0 Å². The van der Waals surface area contributed by atoms with Crippen molar-refractivity contribution >= 4 is 11.3 Å². The molecule has 2 rings (SSSR count). The molecular formula is C12H18N4S. The molecule has 0 aromatic carbocycles. The number of rotatable bonds is 5. The van der Waals surface area contributed by atoms with E-state index in [0.29, 0.717) is 0 Å². The van der Waals surface area contributed by atoms with Crippen LogP contribution in [0.1, 0.15) is 35.5 Å². The lowest BCUT2D eigenvalue weighted by Crippen LogP contribution is -2.24. The Morgan fingerprint density at radius 2 is 2.29 bits per heavy atom. The molecule has 4 nitrogen and oxygen atoms in total. The van der Waals surface area contributed by atoms with E-state index < -0.39 is 0 Å². The molecule has 2 heterocycles. The predicted octanol–water partition coefficient (Wildman–Crippen LogP) is 2.37. The van der Waals surface area contributed by atoms with Crippen LogP contribution in [0, 0.1) is 6.92 Å². The van der Waals surface area contributed by atoms with Gasteiger partial charge in [-0.2, -0.15) is 5.10 Å². The quantitative estimate of drug-likeness (QED) is 0.886. The summed E-state index contributed by atoms with van der Waals surface area (Å²) in [5.74, 6) is 0. The van der Waals surface area contributed by atoms with Gasteiger partial charge in [-0.15, -0.1) is 11.3 Å². The highest BCUT2D eigenvalue weighted by atomic mass is 32.1. The van der Waals surface area contributed by atoms with E-state index in [2.05, 4.69) is 35.3 Å². The van der Waals surface area contributed by atoms with E-state index in [1.54, 1.807) is 11.3 Å². The summed E-state index contributed by atoms with van der Waals surface area (Å²) in [6, 6.07) is 2.28. The van der Waals surface area contributed by atoms with Gasteiger partial charge in [0.1, 0.15) is 0 Å². The fourth-order valence-corrected chi connectivity index (χ4v) is 2.79. The largest absolute Gasteiger partial charge is 0.305 e. The third kappa shape index (κ3) is 2.56. The molecule has 5 heteroatoms. The molecule has 17 heavy (non-hydrogen) atoms. The van der Waals surface area contributed by atoms with Gasteiger partial charge in [-0.1, -0.05) is 6.92 Å². The molecule has 1 N–H and O–H groups in total. The van der Waals surface area contributed by atoms with Crippen molar-refractivity contribution in [3.05, 3.63) is 34.0 Å². The molecule has 0 fully saturated rings. The number of hydrogen-bond acceptors (Lipinski definition) is 4. The molecule has 0 aliphatic carbocycles. The van der Waals surface area contributed by atoms with Crippen molar-refractivity contribution in [3.8, 4) is 0 Å². The maximum atomic E-state index is 4.33. The van der Waals surface area contributed by atoms with Crippen LogP contribution >= 0.6 is 11.3 Å². The monoisotopic (exact) mass is 250 g/mol. The van der Waals surface area contributed by atoms with Crippen LogP contribution < -0.4 is 5.32 Å². The minimum absolute atomic E-state index is 0.202. The number of nitrogens with zero attached hydrogens (tertiary/aromatic N) is 3. The standard InChI is InChI=1S/C12H18N4S/c1-4-13-12(11-8-14-9(3)17-11)10-6-7-15-16(10)5-2/h6-8,12-13H,4-5H2,1-3H3. The van der Waals surface area contributed by atoms with Crippen LogP contribution in [0.3, 0.4) is 0 Å². The number of aryl methyl sites for hydroxylation is 2. The van der Waals surface area contributed by atoms with Crippen molar-refractivity contribution in [1.82, 2.24) is 20.1 Å². The van der Waals surface area contributed by atoms with Gasteiger partial charge in [0.15, 0.2) is 0 Å². The minimum Gasteiger partial charge on any atom is -0.305 e. The first-order valence-electron chi connectivity index (χ1n) is 5.93. The third-order valence-corrected chi connectivity index (χ3v) is 3.65. The van der Waals surface area contributed by atoms with E-state index in [1.165, 1.54) is 10.6 Å². The van der Waals surface area contributed by atoms with Crippen LogP contribution in [-0.4, -0.2) is 21.3 Å². The second kappa shape index (κ2) is 5.42. The Bertz CT molecular complexity index is 474. The maximum Gasteiger partial charge on any atom is 0.0897 e. The maximum absolute atomic E-state index is 4.33. The average molecular weight is 250 g/mol. The summed E-state index contributed by atoms with van der Waals surface area (Å²) in [6.45, 7) is 8.08. The fraction of sp³-hybridized carbons (Fsp3) is 0.500. The molecule has 0 aliphatic heterocycles. The van der Waals surface area contributed by atoms with Gasteiger partial charge in [-0.3, -0.25) is 4.68 Å². The second-order valence-electron chi connectivity index (χ2n) is 3.84. The van der Waals surface area contributed by atoms with Crippen molar-refractivity contribution in [2.75, 3.05) is 6.54 Å². The molecule has 0 spiro atoms. The summed E-state index contributed by atoms with van der Waals surface area (Å²) in [4.78, 5) is 5.58. The Morgan fingerprint density at radius 1 is 1.47 bits per heavy atom. The third-order valence-electron chi connectivity index (χ3n) is 2.68. The number of thiazole rings is 1. The highest BCUT2D eigenvalue weighted by Gasteiger charge is 2.18. The Hall–Kier alpha value is -1.20. The molecule has 0 saturated heterocycles. The van der Waals surface area contributed by atoms with Gasteiger partial charge in [-0.05, 0) is 26.5 Å². The topological polar surface area (TPSA) is 42.7 Å². The van der Waals surface area contributed by atoms with Crippen molar-refractivity contribution in [2.24, 2.45) is 0 Å². The van der Waals surface area contributed by atoms with E-state index in [0.717, 1.165) is 18.1 Å². The molecule has 0 bridgehead atoms. The molecule has 1 atom stereocenters. The lowest BCUT2D eigenvalue weighted by atomic mass is 10.2. The van der Waals surface area contributed by atoms with Crippen LogP contribution in [-0.2, 0) is 6.54 Å². The van der Waals surface area contributed by atoms with Crippen LogP contribution in [0.4, 0.5) is 0 Å². The number of nitrogens with one attached hydrogen (secondary N) is 1. The van der Waals surface area contributed by atoms with Gasteiger partial charge in [0.2, 0.25) is 0 Å². The molecule has 2 aromatic heterocycles. The van der Waals surface area contributed by atoms with Crippen molar-refractivity contribution in [1.29, 1.82) is 0 Å². The van der Waals surface area contributed by atoms with Gasteiger partial charge < -0.3 is 5.32 Å². The van der Waals surface area contributed by atoms with Crippen molar-refractivity contribution < 1.29 is 0 Å². The van der Waals surface area contributed by atoms with Crippen molar-refractivity contribution in [2.45, 2.75) is 33.4 Å². The van der Waals surface area contributed by atoms with Gasteiger partial charge >= 0.3 is 0 Å². The predicted molar refractivity (Wildman–Crippen MR) is 70.3 cm³/mol. The van der Waals surface area contributed by atoms with E-state index in [4.69, 9.17) is 0 Å². The van der Waals surface area contributed by atoms with Crippen LogP contribution in [0.25, 0.3) is 0 Å². The van der Waals surface area contributed by atoms with E-state index in [9.17, 15) is 0 Å². The number of aromatic nitrogens is 3. The zero-order valence-corrected chi connectivity index (χ0v) is 11.3. The molecule has 0 amide bonds. The van der Waals surface area contributed by atoms with E-state index >= 15 is 0 Å². The zero-order chi connectivity index (χ0) is 12.3. The summed E-state index contributed by atoms with van der Waals surface area (Å²) in [5, 5.41) is 8.93. The lowest BCUT2D eigenvalue weighted by Gasteiger charge is -2.17. The Morgan fingerprint density at radius 3 is 2.88 bits per heavy atom. The molecular weight excluding hydrogens is 232 g/mol. The summed E-state index contributed by atoms with van der Waals surface area (Å²) in [6.07, 6.45) is 3.82. The summed E-state index contributed by atoms with van der Waals surface area (Å²) >= 11 is 1.74. The zero-order valence-electron chi connectivity index (χ0n) is 10.5. The Kier molecular flexibility index (Phi) is 3.91. The molecule has 1 unspecified atom stereocenters. The van der Waals surface area contributed by atoms with Crippen LogP contribution in [0.5, 0.6) is 0 Å². The normalized spacial score (nSPS) is 12.9. The van der Waals surface area contributed by atoms with Crippen LogP contribution in [0.15, 0.2) is 18.5 Å². The molecule has 0 saturated carbocycles. The highest BCUT2D eigenvalue weighted by molar-refractivity contribution is 7.11. The summed E-state index contributed by atoms with van der Waals surface area (Å²) in [5.41, 5.74) is 1.21. The second-order valence-corrected chi connectivity index (χ2v) is 5.11. The summed E-state index contributed by atoms with van der Waals surface area (Å²) < 4.78 is 2.03. The SMILES string of the molecule is CCNC(c1cnc(C)s1)c1ccnn1CC. The minimum atomic E-state index is 0.202. The fourth-order valence-electron chi connectivity index (χ4n) is 1.92. The van der Waals surface area contributed by atoms with E-state index in [-0.39, 0.29) is 6.04 Å². The van der Waals surface area contributed by atoms with Gasteiger partial charge in [0, 0.05) is 23.8 Å². The van der Waals surface area contributed by atoms with Gasteiger partial charge in [0.05, 0.1) is 16.7 Å². The van der Waals surface area contributed by atoms with Crippen molar-refractivity contribution in [3.63, 3.8) is 0 Å². The first kappa shape index (κ1) is 12.3. The Labute approximate surface area is 106 Å². The average Bonchev–Trinajstić information content (AvgIpc) is 2.94. The van der Waals surface area contributed by atoms with Crippen LogP contribution in [0.2, 0.25) is 0 Å². The van der Waals surface area contributed by atoms with E-state index in [1.807, 2.05) is 24.0 Å². The number of hydrogen-bond donors (Lipinski definition) is 1. The molecule has 0 radical (unpaired) electrons. The van der Waals surface area contributed by atoms with Gasteiger partial charge in [-0.25, -0.2) is 4.98 Å². The Balaban J connectivity index is 2.35. The summed E-state index contributed by atoms with van der Waals surface area (Å²) in [7, 11) is 0.